The normalized spacial score (nSPS) is 13.9. The molecule has 2 aliphatic heterocycles. The van der Waals surface area contributed by atoms with E-state index < -0.39 is 0 Å². The Kier molecular flexibility index (Phi) is 9.23. The minimum atomic E-state index is 0.00984. The van der Waals surface area contributed by atoms with Crippen LogP contribution in [-0.2, 0) is 17.3 Å². The van der Waals surface area contributed by atoms with Crippen molar-refractivity contribution >= 4 is 74.2 Å². The summed E-state index contributed by atoms with van der Waals surface area (Å²) in [7, 11) is 0. The Morgan fingerprint density at radius 3 is 1.59 bits per heavy atom. The Hall–Kier alpha value is -7.30. The third-order valence-corrected chi connectivity index (χ3v) is 14.4. The molecule has 0 unspecified atom stereocenters. The number of hydrogen-bond donors (Lipinski definition) is 0. The molecule has 0 bridgehead atoms. The summed E-state index contributed by atoms with van der Waals surface area (Å²) in [6, 6.07) is 68.8. The Morgan fingerprint density at radius 2 is 0.970 bits per heavy atom. The molecule has 0 radical (unpaired) electrons. The van der Waals surface area contributed by atoms with Gasteiger partial charge in [-0.3, -0.25) is 0 Å². The van der Waals surface area contributed by atoms with Gasteiger partial charge in [-0.1, -0.05) is 181 Å². The highest BCUT2D eigenvalue weighted by atomic mass is 15.2. The molecular weight excluding hydrogens is 798 g/mol. The van der Waals surface area contributed by atoms with Crippen LogP contribution in [0.15, 0.2) is 188 Å². The summed E-state index contributed by atoms with van der Waals surface area (Å²) in [6.07, 6.45) is 6.80. The summed E-state index contributed by atoms with van der Waals surface area (Å²) in [6.45, 7) is 13.7. The lowest BCUT2D eigenvalue weighted by molar-refractivity contribution is 0.590. The second-order valence-corrected chi connectivity index (χ2v) is 20.5. The fourth-order valence-electron chi connectivity index (χ4n) is 11.1. The van der Waals surface area contributed by atoms with E-state index in [0.29, 0.717) is 0 Å². The third-order valence-electron chi connectivity index (χ3n) is 14.4. The molecule has 0 saturated heterocycles. The molecule has 12 rings (SSSR count). The van der Waals surface area contributed by atoms with Gasteiger partial charge in [-0.15, -0.1) is 0 Å². The molecule has 0 N–H and O–H groups in total. The second-order valence-electron chi connectivity index (χ2n) is 20.5. The highest BCUT2D eigenvalue weighted by Crippen LogP contribution is 2.48. The lowest BCUT2D eigenvalue weighted by Crippen LogP contribution is -2.61. The summed E-state index contributed by atoms with van der Waals surface area (Å²) in [5.41, 5.74) is 23.9. The van der Waals surface area contributed by atoms with E-state index in [-0.39, 0.29) is 17.5 Å². The van der Waals surface area contributed by atoms with E-state index in [9.17, 15) is 0 Å². The summed E-state index contributed by atoms with van der Waals surface area (Å²) >= 11 is 0. The predicted molar refractivity (Wildman–Crippen MR) is 283 cm³/mol. The van der Waals surface area contributed by atoms with Gasteiger partial charge in [0.05, 0.1) is 16.9 Å². The van der Waals surface area contributed by atoms with E-state index in [4.69, 9.17) is 0 Å². The van der Waals surface area contributed by atoms with E-state index in [1.165, 1.54) is 106 Å². The summed E-state index contributed by atoms with van der Waals surface area (Å²) in [4.78, 5) is 5.12. The Bertz CT molecular complexity index is 3390. The first kappa shape index (κ1) is 40.2. The van der Waals surface area contributed by atoms with E-state index >= 15 is 0 Å². The zero-order valence-corrected chi connectivity index (χ0v) is 38.8. The van der Waals surface area contributed by atoms with Gasteiger partial charge in [0.1, 0.15) is 0 Å². The maximum absolute atomic E-state index is 2.58. The van der Waals surface area contributed by atoms with Crippen LogP contribution >= 0.6 is 0 Å². The molecule has 0 atom stereocenters. The number of rotatable bonds is 5. The molecule has 8 aromatic carbocycles. The van der Waals surface area contributed by atoms with Crippen LogP contribution in [0.25, 0.3) is 44.9 Å². The SMILES string of the molecule is CC(C)(C)c1ccc(-c2ccccc2N2c3ccccc3B3c4ccc(-n5c6c(c7ccccc75)CCC=C6)cc4N(c4ccccc4-c4ccc(C(C)(C)C)cc4)c4cccc2c43)cc1. The predicted octanol–water partition coefficient (Wildman–Crippen LogP) is 14.6. The molecule has 1 aromatic heterocycles. The first-order chi connectivity index (χ1) is 32.0. The molecule has 66 heavy (non-hydrogen) atoms. The highest BCUT2D eigenvalue weighted by molar-refractivity contribution is 7.00. The number of nitrogens with zero attached hydrogens (tertiary/aromatic N) is 3. The van der Waals surface area contributed by atoms with Gasteiger partial charge in [0.25, 0.3) is 6.71 Å². The van der Waals surface area contributed by atoms with Crippen molar-refractivity contribution in [1.29, 1.82) is 0 Å². The van der Waals surface area contributed by atoms with Crippen LogP contribution in [0.3, 0.4) is 0 Å². The highest BCUT2D eigenvalue weighted by Gasteiger charge is 2.44. The van der Waals surface area contributed by atoms with Crippen molar-refractivity contribution in [2.24, 2.45) is 0 Å². The third kappa shape index (κ3) is 6.33. The minimum Gasteiger partial charge on any atom is -0.311 e. The Balaban J connectivity index is 1.11. The van der Waals surface area contributed by atoms with E-state index in [0.717, 1.165) is 18.5 Å². The van der Waals surface area contributed by atoms with Gasteiger partial charge in [0.2, 0.25) is 0 Å². The second kappa shape index (κ2) is 15.1. The number of aromatic nitrogens is 1. The number of allylic oxidation sites excluding steroid dienone is 1. The van der Waals surface area contributed by atoms with Gasteiger partial charge in [0.15, 0.2) is 0 Å². The number of para-hydroxylation sites is 4. The van der Waals surface area contributed by atoms with Crippen molar-refractivity contribution in [3.63, 3.8) is 0 Å². The smallest absolute Gasteiger partial charge is 0.252 e. The molecule has 0 saturated carbocycles. The lowest BCUT2D eigenvalue weighted by atomic mass is 9.33. The summed E-state index contributed by atoms with van der Waals surface area (Å²) in [5.74, 6) is 0. The number of anilines is 6. The van der Waals surface area contributed by atoms with Crippen LogP contribution < -0.4 is 26.2 Å². The number of hydrogen-bond acceptors (Lipinski definition) is 2. The Labute approximate surface area is 390 Å². The largest absolute Gasteiger partial charge is 0.311 e. The molecule has 320 valence electrons. The van der Waals surface area contributed by atoms with Gasteiger partial charge < -0.3 is 14.4 Å². The van der Waals surface area contributed by atoms with Crippen molar-refractivity contribution in [3.05, 3.63) is 210 Å². The molecule has 0 fully saturated rings. The van der Waals surface area contributed by atoms with Crippen molar-refractivity contribution in [1.82, 2.24) is 4.57 Å². The van der Waals surface area contributed by atoms with Crippen molar-refractivity contribution in [3.8, 4) is 27.9 Å². The standard InChI is InChI=1S/C62H54BN3/c1-61(2,3)43-34-30-41(31-35-43)46-18-7-12-23-52(46)65-56-27-16-11-22-50(56)63-51-39-38-45(64-54-25-14-9-20-48(54)49-21-10-15-26-55(49)64)40-59(51)66(58-29-17-28-57(65)60(58)63)53-24-13-8-19-47(53)42-32-36-44(37-33-42)62(4,5)6/h7-9,11-20,22-40H,10,21H2,1-6H3. The number of benzene rings is 8. The first-order valence-corrected chi connectivity index (χ1v) is 23.7. The summed E-state index contributed by atoms with van der Waals surface area (Å²) < 4.78 is 2.50. The molecule has 9 aromatic rings. The molecule has 4 heteroatoms. The Morgan fingerprint density at radius 1 is 0.455 bits per heavy atom. The first-order valence-electron chi connectivity index (χ1n) is 23.7. The monoisotopic (exact) mass is 851 g/mol. The molecular formula is C62H54BN3. The van der Waals surface area contributed by atoms with Crippen LogP contribution in [0.2, 0.25) is 0 Å². The number of aryl methyl sites for hydroxylation is 1. The lowest BCUT2D eigenvalue weighted by Gasteiger charge is -2.44. The maximum atomic E-state index is 2.58. The average molecular weight is 852 g/mol. The fourth-order valence-corrected chi connectivity index (χ4v) is 11.1. The van der Waals surface area contributed by atoms with Gasteiger partial charge >= 0.3 is 0 Å². The molecule has 3 nitrogen and oxygen atoms in total. The van der Waals surface area contributed by atoms with E-state index in [1.54, 1.807) is 0 Å². The van der Waals surface area contributed by atoms with Crippen LogP contribution in [-0.4, -0.2) is 11.3 Å². The fraction of sp³-hybridized carbons (Fsp3) is 0.161. The van der Waals surface area contributed by atoms with Gasteiger partial charge in [-0.25, -0.2) is 0 Å². The molecule has 0 amide bonds. The van der Waals surface area contributed by atoms with Gasteiger partial charge in [0, 0.05) is 50.6 Å². The van der Waals surface area contributed by atoms with Crippen LogP contribution in [0.4, 0.5) is 34.1 Å². The summed E-state index contributed by atoms with van der Waals surface area (Å²) in [5, 5.41) is 1.34. The van der Waals surface area contributed by atoms with Crippen molar-refractivity contribution in [2.45, 2.75) is 65.2 Å². The number of fused-ring (bicyclic) bond motifs is 7. The van der Waals surface area contributed by atoms with Crippen molar-refractivity contribution < 1.29 is 0 Å². The maximum Gasteiger partial charge on any atom is 0.252 e. The average Bonchev–Trinajstić information content (AvgIpc) is 3.68. The topological polar surface area (TPSA) is 11.4 Å². The zero-order valence-electron chi connectivity index (χ0n) is 38.8. The molecule has 1 aliphatic carbocycles. The van der Waals surface area contributed by atoms with Gasteiger partial charge in [-0.2, -0.15) is 0 Å². The van der Waals surface area contributed by atoms with E-state index in [2.05, 4.69) is 250 Å². The minimum absolute atomic E-state index is 0.00984. The van der Waals surface area contributed by atoms with Gasteiger partial charge in [-0.05, 0) is 122 Å². The molecule has 3 heterocycles. The molecule has 0 spiro atoms. The van der Waals surface area contributed by atoms with Crippen molar-refractivity contribution in [2.75, 3.05) is 9.80 Å². The van der Waals surface area contributed by atoms with Crippen LogP contribution in [0.5, 0.6) is 0 Å². The quantitative estimate of drug-likeness (QED) is 0.160. The van der Waals surface area contributed by atoms with E-state index in [1.807, 2.05) is 0 Å². The molecule has 3 aliphatic rings. The van der Waals surface area contributed by atoms with Crippen LogP contribution in [0, 0.1) is 0 Å². The zero-order chi connectivity index (χ0) is 44.9. The van der Waals surface area contributed by atoms with Crippen LogP contribution in [0.1, 0.15) is 70.3 Å².